The van der Waals surface area contributed by atoms with Crippen LogP contribution in [0.25, 0.3) is 0 Å². The first-order chi connectivity index (χ1) is 15.7. The highest BCUT2D eigenvalue weighted by atomic mass is 35.5. The molecule has 0 spiro atoms. The summed E-state index contributed by atoms with van der Waals surface area (Å²) in [6.45, 7) is 0.200. The van der Waals surface area contributed by atoms with Crippen LogP contribution in [0.1, 0.15) is 35.1 Å². The SMILES string of the molecule is C#CCOc1ccc(Cl)cc1C=Nc1ccc([C@@H]2Nc3ccccc3[C@H]3C=CC[C@@H]32)cc1. The molecule has 2 aliphatic rings. The molecule has 0 aromatic heterocycles. The van der Waals surface area contributed by atoms with E-state index in [0.29, 0.717) is 22.6 Å². The second kappa shape index (κ2) is 8.94. The summed E-state index contributed by atoms with van der Waals surface area (Å²) in [5.41, 5.74) is 5.56. The van der Waals surface area contributed by atoms with Gasteiger partial charge in [0.25, 0.3) is 0 Å². The topological polar surface area (TPSA) is 33.6 Å². The van der Waals surface area contributed by atoms with Gasteiger partial charge in [-0.15, -0.1) is 6.42 Å². The number of benzene rings is 3. The first-order valence-corrected chi connectivity index (χ1v) is 11.1. The fourth-order valence-corrected chi connectivity index (χ4v) is 4.84. The molecule has 0 bridgehead atoms. The maximum absolute atomic E-state index is 6.15. The van der Waals surface area contributed by atoms with E-state index >= 15 is 0 Å². The Morgan fingerprint density at radius 3 is 2.81 bits per heavy atom. The van der Waals surface area contributed by atoms with Crippen molar-refractivity contribution in [1.82, 2.24) is 0 Å². The molecule has 32 heavy (non-hydrogen) atoms. The van der Waals surface area contributed by atoms with E-state index in [4.69, 9.17) is 22.8 Å². The van der Waals surface area contributed by atoms with Crippen molar-refractivity contribution < 1.29 is 4.74 Å². The van der Waals surface area contributed by atoms with Crippen LogP contribution in [0, 0.1) is 18.3 Å². The van der Waals surface area contributed by atoms with Crippen molar-refractivity contribution in [3.05, 3.63) is 101 Å². The number of hydrogen-bond acceptors (Lipinski definition) is 3. The zero-order chi connectivity index (χ0) is 21.9. The lowest BCUT2D eigenvalue weighted by atomic mass is 9.77. The van der Waals surface area contributed by atoms with E-state index in [1.165, 1.54) is 16.8 Å². The molecule has 0 radical (unpaired) electrons. The highest BCUT2D eigenvalue weighted by molar-refractivity contribution is 6.30. The van der Waals surface area contributed by atoms with Crippen molar-refractivity contribution in [2.24, 2.45) is 10.9 Å². The van der Waals surface area contributed by atoms with E-state index in [2.05, 4.69) is 76.9 Å². The largest absolute Gasteiger partial charge is 0.480 e. The molecule has 1 aliphatic carbocycles. The monoisotopic (exact) mass is 438 g/mol. The average molecular weight is 439 g/mol. The Labute approximate surface area is 193 Å². The Morgan fingerprint density at radius 2 is 1.97 bits per heavy atom. The standard InChI is InChI=1S/C28H23ClN2O/c1-2-16-32-27-15-12-21(29)17-20(27)18-30-22-13-10-19(11-14-22)28-25-8-5-7-23(25)24-6-3-4-9-26(24)31-28/h1,3-7,9-15,17-18,23,25,28,31H,8,16H2/t23-,25+,28+/m1/s1. The second-order valence-corrected chi connectivity index (χ2v) is 8.52. The normalized spacial score (nSPS) is 20.9. The van der Waals surface area contributed by atoms with Crippen LogP contribution in [0.3, 0.4) is 0 Å². The van der Waals surface area contributed by atoms with Gasteiger partial charge in [0.1, 0.15) is 12.4 Å². The summed E-state index contributed by atoms with van der Waals surface area (Å²) >= 11 is 6.15. The maximum Gasteiger partial charge on any atom is 0.148 e. The number of hydrogen-bond donors (Lipinski definition) is 1. The summed E-state index contributed by atoms with van der Waals surface area (Å²) in [4.78, 5) is 4.63. The quantitative estimate of drug-likeness (QED) is 0.266. The molecule has 0 fully saturated rings. The second-order valence-electron chi connectivity index (χ2n) is 8.09. The molecule has 1 N–H and O–H groups in total. The third-order valence-electron chi connectivity index (χ3n) is 6.16. The number of aliphatic imine (C=N–C) groups is 1. The smallest absolute Gasteiger partial charge is 0.148 e. The molecule has 0 saturated heterocycles. The fraction of sp³-hybridized carbons (Fsp3) is 0.179. The van der Waals surface area contributed by atoms with Gasteiger partial charge in [-0.2, -0.15) is 0 Å². The molecule has 0 amide bonds. The third-order valence-corrected chi connectivity index (χ3v) is 6.39. The lowest BCUT2D eigenvalue weighted by Crippen LogP contribution is -2.28. The molecule has 3 aromatic rings. The molecule has 158 valence electrons. The molecule has 1 heterocycles. The zero-order valence-electron chi connectivity index (χ0n) is 17.5. The van der Waals surface area contributed by atoms with E-state index in [-0.39, 0.29) is 12.6 Å². The van der Waals surface area contributed by atoms with Gasteiger partial charge in [-0.25, -0.2) is 0 Å². The minimum atomic E-state index is 0.200. The number of halogens is 1. The van der Waals surface area contributed by atoms with Crippen molar-refractivity contribution in [3.63, 3.8) is 0 Å². The van der Waals surface area contributed by atoms with Gasteiger partial charge in [-0.3, -0.25) is 4.99 Å². The molecule has 3 atom stereocenters. The van der Waals surface area contributed by atoms with Crippen LogP contribution in [-0.4, -0.2) is 12.8 Å². The van der Waals surface area contributed by atoms with Crippen molar-refractivity contribution >= 4 is 29.2 Å². The Bertz CT molecular complexity index is 1220. The van der Waals surface area contributed by atoms with Gasteiger partial charge in [0.15, 0.2) is 0 Å². The number of nitrogens with one attached hydrogen (secondary N) is 1. The van der Waals surface area contributed by atoms with E-state index in [1.54, 1.807) is 12.3 Å². The molecule has 3 aromatic carbocycles. The van der Waals surface area contributed by atoms with Gasteiger partial charge in [0.2, 0.25) is 0 Å². The summed E-state index contributed by atoms with van der Waals surface area (Å²) in [7, 11) is 0. The fourth-order valence-electron chi connectivity index (χ4n) is 4.66. The van der Waals surface area contributed by atoms with Crippen LogP contribution < -0.4 is 10.1 Å². The maximum atomic E-state index is 6.15. The Hall–Kier alpha value is -3.48. The number of allylic oxidation sites excluding steroid dienone is 2. The predicted molar refractivity (Wildman–Crippen MR) is 132 cm³/mol. The van der Waals surface area contributed by atoms with Crippen LogP contribution >= 0.6 is 11.6 Å². The molecule has 1 aliphatic heterocycles. The lowest BCUT2D eigenvalue weighted by molar-refractivity contribution is 0.370. The van der Waals surface area contributed by atoms with Gasteiger partial charge in [0, 0.05) is 28.4 Å². The summed E-state index contributed by atoms with van der Waals surface area (Å²) in [5.74, 6) is 4.15. The first-order valence-electron chi connectivity index (χ1n) is 10.7. The van der Waals surface area contributed by atoms with Crippen molar-refractivity contribution in [2.45, 2.75) is 18.4 Å². The van der Waals surface area contributed by atoms with E-state index in [0.717, 1.165) is 17.7 Å². The number of para-hydroxylation sites is 1. The molecule has 5 rings (SSSR count). The van der Waals surface area contributed by atoms with Gasteiger partial charge < -0.3 is 10.1 Å². The molecular formula is C28H23ClN2O. The number of terminal acetylenes is 1. The third kappa shape index (κ3) is 4.02. The van der Waals surface area contributed by atoms with E-state index in [9.17, 15) is 0 Å². The van der Waals surface area contributed by atoms with Gasteiger partial charge in [-0.05, 0) is 59.9 Å². The van der Waals surface area contributed by atoms with Crippen LogP contribution in [0.2, 0.25) is 5.02 Å². The van der Waals surface area contributed by atoms with Crippen molar-refractivity contribution in [2.75, 3.05) is 11.9 Å². The highest BCUT2D eigenvalue weighted by Gasteiger charge is 2.37. The summed E-state index contributed by atoms with van der Waals surface area (Å²) < 4.78 is 5.60. The van der Waals surface area contributed by atoms with E-state index < -0.39 is 0 Å². The van der Waals surface area contributed by atoms with Crippen molar-refractivity contribution in [1.29, 1.82) is 0 Å². The highest BCUT2D eigenvalue weighted by Crippen LogP contribution is 2.49. The molecule has 0 unspecified atom stereocenters. The van der Waals surface area contributed by atoms with Crippen LogP contribution in [-0.2, 0) is 0 Å². The predicted octanol–water partition coefficient (Wildman–Crippen LogP) is 6.93. The number of fused-ring (bicyclic) bond motifs is 3. The van der Waals surface area contributed by atoms with Crippen LogP contribution in [0.5, 0.6) is 5.75 Å². The Kier molecular flexibility index (Phi) is 5.71. The Morgan fingerprint density at radius 1 is 1.12 bits per heavy atom. The molecule has 3 nitrogen and oxygen atoms in total. The Balaban J connectivity index is 1.37. The number of anilines is 1. The summed E-state index contributed by atoms with van der Waals surface area (Å²) in [6.07, 6.45) is 12.8. The summed E-state index contributed by atoms with van der Waals surface area (Å²) in [6, 6.07) is 22.8. The van der Waals surface area contributed by atoms with E-state index in [1.807, 2.05) is 12.1 Å². The van der Waals surface area contributed by atoms with Gasteiger partial charge in [0.05, 0.1) is 11.7 Å². The molecule has 4 heteroatoms. The molecule has 0 saturated carbocycles. The first kappa shape index (κ1) is 20.4. The number of rotatable bonds is 5. The minimum Gasteiger partial charge on any atom is -0.480 e. The minimum absolute atomic E-state index is 0.200. The summed E-state index contributed by atoms with van der Waals surface area (Å²) in [5, 5.41) is 4.39. The van der Waals surface area contributed by atoms with Crippen LogP contribution in [0.15, 0.2) is 83.9 Å². The van der Waals surface area contributed by atoms with Gasteiger partial charge >= 0.3 is 0 Å². The van der Waals surface area contributed by atoms with Crippen LogP contribution in [0.4, 0.5) is 11.4 Å². The number of ether oxygens (including phenoxy) is 1. The van der Waals surface area contributed by atoms with Gasteiger partial charge in [-0.1, -0.05) is 60.0 Å². The number of nitrogens with zero attached hydrogens (tertiary/aromatic N) is 1. The zero-order valence-corrected chi connectivity index (χ0v) is 18.3. The lowest BCUT2D eigenvalue weighted by Gasteiger charge is -2.37. The van der Waals surface area contributed by atoms with Crippen molar-refractivity contribution in [3.8, 4) is 18.1 Å². The average Bonchev–Trinajstić information content (AvgIpc) is 3.32. The molecular weight excluding hydrogens is 416 g/mol.